The molecule has 11 heteroatoms. The zero-order chi connectivity index (χ0) is 53.8. The Morgan fingerprint density at radius 3 is 1.32 bits per heavy atom. The van der Waals surface area contributed by atoms with E-state index in [1.165, 1.54) is 205 Å². The summed E-state index contributed by atoms with van der Waals surface area (Å²) >= 11 is 0. The molecule has 1 fully saturated rings. The van der Waals surface area contributed by atoms with Crippen molar-refractivity contribution in [1.29, 1.82) is 0 Å². The molecule has 0 radical (unpaired) electrons. The molecule has 1 amide bonds. The molecule has 0 aromatic carbocycles. The van der Waals surface area contributed by atoms with Crippen molar-refractivity contribution in [1.82, 2.24) is 5.32 Å². The van der Waals surface area contributed by atoms with Crippen LogP contribution in [0.15, 0.2) is 36.5 Å². The number of unbranched alkanes of at least 4 members (excludes halogenated alkanes) is 36. The van der Waals surface area contributed by atoms with Crippen LogP contribution in [0, 0.1) is 0 Å². The first-order chi connectivity index (χ1) is 36.2. The molecule has 74 heavy (non-hydrogen) atoms. The van der Waals surface area contributed by atoms with Gasteiger partial charge >= 0.3 is 5.97 Å². The number of carbonyl (C=O) groups excluding carboxylic acids is 2. The highest BCUT2D eigenvalue weighted by Crippen LogP contribution is 2.23. The average Bonchev–Trinajstić information content (AvgIpc) is 3.40. The number of allylic oxidation sites excluding steroid dienone is 5. The van der Waals surface area contributed by atoms with Crippen LogP contribution >= 0.6 is 0 Å². The molecule has 0 saturated carbocycles. The molecule has 1 heterocycles. The molecule has 6 N–H and O–H groups in total. The van der Waals surface area contributed by atoms with E-state index < -0.39 is 49.5 Å². The minimum Gasteiger partial charge on any atom is -0.466 e. The second kappa shape index (κ2) is 52.9. The number of aliphatic hydroxyl groups excluding tert-OH is 5. The Kier molecular flexibility index (Phi) is 50.0. The monoisotopic (exact) mass is 1050 g/mol. The summed E-state index contributed by atoms with van der Waals surface area (Å²) in [7, 11) is 0. The first-order valence-corrected chi connectivity index (χ1v) is 31.3. The van der Waals surface area contributed by atoms with E-state index in [1.807, 2.05) is 6.08 Å². The number of hydrogen-bond acceptors (Lipinski definition) is 10. The summed E-state index contributed by atoms with van der Waals surface area (Å²) in [4.78, 5) is 25.0. The van der Waals surface area contributed by atoms with Gasteiger partial charge in [0, 0.05) is 12.8 Å². The first kappa shape index (κ1) is 69.9. The number of esters is 1. The van der Waals surface area contributed by atoms with Crippen LogP contribution in [0.4, 0.5) is 0 Å². The van der Waals surface area contributed by atoms with Crippen molar-refractivity contribution in [2.45, 2.75) is 333 Å². The van der Waals surface area contributed by atoms with Crippen LogP contribution in [-0.4, -0.2) is 100 Å². The van der Waals surface area contributed by atoms with Crippen molar-refractivity contribution in [2.24, 2.45) is 0 Å². The number of carbonyl (C=O) groups is 2. The van der Waals surface area contributed by atoms with Crippen LogP contribution in [0.3, 0.4) is 0 Å². The van der Waals surface area contributed by atoms with E-state index in [0.29, 0.717) is 19.4 Å². The quantitative estimate of drug-likeness (QED) is 0.0195. The predicted molar refractivity (Wildman–Crippen MR) is 306 cm³/mol. The lowest BCUT2D eigenvalue weighted by Gasteiger charge is -2.40. The molecule has 7 unspecified atom stereocenters. The van der Waals surface area contributed by atoms with Crippen LogP contribution in [0.5, 0.6) is 0 Å². The van der Waals surface area contributed by atoms with Gasteiger partial charge in [-0.3, -0.25) is 9.59 Å². The van der Waals surface area contributed by atoms with Gasteiger partial charge in [-0.1, -0.05) is 230 Å². The van der Waals surface area contributed by atoms with Gasteiger partial charge in [0.2, 0.25) is 5.91 Å². The molecule has 0 aromatic heterocycles. The van der Waals surface area contributed by atoms with E-state index >= 15 is 0 Å². The Labute approximate surface area is 453 Å². The second-order valence-electron chi connectivity index (χ2n) is 21.8. The van der Waals surface area contributed by atoms with Crippen LogP contribution in [0.1, 0.15) is 290 Å². The number of amides is 1. The maximum absolute atomic E-state index is 13.0. The normalized spacial score (nSPS) is 19.0. The van der Waals surface area contributed by atoms with Gasteiger partial charge in [0.15, 0.2) is 6.29 Å². The molecule has 0 spiro atoms. The number of nitrogens with one attached hydrogen (secondary N) is 1. The lowest BCUT2D eigenvalue weighted by molar-refractivity contribution is -0.302. The van der Waals surface area contributed by atoms with Gasteiger partial charge in [-0.2, -0.15) is 0 Å². The fourth-order valence-electron chi connectivity index (χ4n) is 9.72. The molecule has 1 aliphatic rings. The smallest absolute Gasteiger partial charge is 0.305 e. The Hall–Kier alpha value is -2.12. The topological polar surface area (TPSA) is 175 Å². The molecule has 11 nitrogen and oxygen atoms in total. The zero-order valence-electron chi connectivity index (χ0n) is 47.8. The Morgan fingerprint density at radius 1 is 0.486 bits per heavy atom. The fraction of sp³-hybridized carbons (Fsp3) is 0.873. The van der Waals surface area contributed by atoms with E-state index in [4.69, 9.17) is 14.2 Å². The van der Waals surface area contributed by atoms with Gasteiger partial charge in [0.1, 0.15) is 24.4 Å². The fourth-order valence-corrected chi connectivity index (χ4v) is 9.72. The lowest BCUT2D eigenvalue weighted by atomic mass is 9.99. The maximum atomic E-state index is 13.0. The van der Waals surface area contributed by atoms with Crippen LogP contribution in [0.2, 0.25) is 0 Å². The summed E-state index contributed by atoms with van der Waals surface area (Å²) < 4.78 is 16.7. The number of hydrogen-bond donors (Lipinski definition) is 6. The van der Waals surface area contributed by atoms with Gasteiger partial charge in [-0.15, -0.1) is 0 Å². The van der Waals surface area contributed by atoms with Crippen molar-refractivity contribution in [3.05, 3.63) is 36.5 Å². The second-order valence-corrected chi connectivity index (χ2v) is 21.8. The number of rotatable bonds is 54. The molecule has 434 valence electrons. The highest BCUT2D eigenvalue weighted by Gasteiger charge is 2.44. The van der Waals surface area contributed by atoms with Gasteiger partial charge < -0.3 is 45.1 Å². The third-order valence-corrected chi connectivity index (χ3v) is 14.7. The molecular weight excluding hydrogens is 931 g/mol. The highest BCUT2D eigenvalue weighted by atomic mass is 16.7. The zero-order valence-corrected chi connectivity index (χ0v) is 47.8. The van der Waals surface area contributed by atoms with E-state index in [-0.39, 0.29) is 18.5 Å². The Bertz CT molecular complexity index is 1320. The molecule has 0 aromatic rings. The van der Waals surface area contributed by atoms with Crippen molar-refractivity contribution < 1.29 is 49.3 Å². The average molecular weight is 1050 g/mol. The van der Waals surface area contributed by atoms with E-state index in [1.54, 1.807) is 6.08 Å². The first-order valence-electron chi connectivity index (χ1n) is 31.3. The standard InChI is InChI=1S/C63H117NO10/c1-3-5-7-9-11-13-14-31-35-39-43-47-51-59(68)72-52-48-44-40-36-32-29-27-25-23-21-19-17-15-16-18-20-22-24-26-28-30-34-38-42-46-50-58(67)64-55(56(66)49-45-41-37-33-12-10-8-6-4-2)54-73-63-62(71)61(70)60(69)57(53-65)74-63/h11,13,16,18,45,49,55-57,60-63,65-66,69-71H,3-10,12,14-15,17,19-44,46-48,50-54H2,1-2H3,(H,64,67)/b13-11-,18-16-,49-45+. The third kappa shape index (κ3) is 42.0. The van der Waals surface area contributed by atoms with Gasteiger partial charge in [-0.25, -0.2) is 0 Å². The van der Waals surface area contributed by atoms with Crippen LogP contribution in [-0.2, 0) is 23.8 Å². The summed E-state index contributed by atoms with van der Waals surface area (Å²) in [6.07, 6.45) is 55.5. The van der Waals surface area contributed by atoms with Gasteiger partial charge in [0.25, 0.3) is 0 Å². The summed E-state index contributed by atoms with van der Waals surface area (Å²) in [6, 6.07) is -0.811. The summed E-state index contributed by atoms with van der Waals surface area (Å²) in [5.41, 5.74) is 0. The van der Waals surface area contributed by atoms with Crippen LogP contribution < -0.4 is 5.32 Å². The summed E-state index contributed by atoms with van der Waals surface area (Å²) in [5, 5.41) is 54.2. The molecule has 1 aliphatic heterocycles. The summed E-state index contributed by atoms with van der Waals surface area (Å²) in [5.74, 6) is -0.194. The van der Waals surface area contributed by atoms with Crippen molar-refractivity contribution >= 4 is 11.9 Å². The largest absolute Gasteiger partial charge is 0.466 e. The predicted octanol–water partition coefficient (Wildman–Crippen LogP) is 14.7. The van der Waals surface area contributed by atoms with Crippen molar-refractivity contribution in [3.8, 4) is 0 Å². The van der Waals surface area contributed by atoms with E-state index in [9.17, 15) is 35.1 Å². The number of aliphatic hydroxyl groups is 5. The SMILES string of the molecule is CCCCC/C=C\CCCCCCCC(=O)OCCCCCCCCCCCCCC/C=C\CCCCCCCCCCCC(=O)NC(COC1OC(CO)C(O)C(O)C1O)C(O)/C=C/CCCCCCCCC. The van der Waals surface area contributed by atoms with Gasteiger partial charge in [0.05, 0.1) is 32.0 Å². The minimum absolute atomic E-state index is 0.00751. The Morgan fingerprint density at radius 2 is 0.865 bits per heavy atom. The number of ether oxygens (including phenoxy) is 3. The van der Waals surface area contributed by atoms with Crippen LogP contribution in [0.25, 0.3) is 0 Å². The molecule has 0 aliphatic carbocycles. The Balaban J connectivity index is 1.99. The van der Waals surface area contributed by atoms with E-state index in [2.05, 4.69) is 43.5 Å². The van der Waals surface area contributed by atoms with Crippen molar-refractivity contribution in [3.63, 3.8) is 0 Å². The van der Waals surface area contributed by atoms with Crippen molar-refractivity contribution in [2.75, 3.05) is 19.8 Å². The molecular formula is C63H117NO10. The lowest BCUT2D eigenvalue weighted by Crippen LogP contribution is -2.60. The molecule has 1 rings (SSSR count). The highest BCUT2D eigenvalue weighted by molar-refractivity contribution is 5.76. The molecule has 7 atom stereocenters. The third-order valence-electron chi connectivity index (χ3n) is 14.7. The summed E-state index contributed by atoms with van der Waals surface area (Å²) in [6.45, 7) is 4.29. The maximum Gasteiger partial charge on any atom is 0.305 e. The minimum atomic E-state index is -1.57. The molecule has 0 bridgehead atoms. The van der Waals surface area contributed by atoms with E-state index in [0.717, 1.165) is 57.8 Å². The molecule has 1 saturated heterocycles. The van der Waals surface area contributed by atoms with Gasteiger partial charge in [-0.05, 0) is 83.5 Å².